The average molecular weight is 208 g/mol. The molecule has 1 unspecified atom stereocenters. The van der Waals surface area contributed by atoms with Gasteiger partial charge < -0.3 is 20.9 Å². The lowest BCUT2D eigenvalue weighted by Crippen LogP contribution is -2.29. The Labute approximate surface area is 89.0 Å². The molecule has 0 saturated carbocycles. The minimum atomic E-state index is -0.892. The van der Waals surface area contributed by atoms with Gasteiger partial charge in [0.05, 0.1) is 7.11 Å². The first-order chi connectivity index (χ1) is 7.17. The van der Waals surface area contributed by atoms with Crippen molar-refractivity contribution in [3.8, 4) is 5.75 Å². The number of anilines is 1. The van der Waals surface area contributed by atoms with E-state index in [2.05, 4.69) is 5.32 Å². The molecule has 0 amide bonds. The van der Waals surface area contributed by atoms with Gasteiger partial charge in [0.1, 0.15) is 11.4 Å². The average Bonchev–Trinajstić information content (AvgIpc) is 2.65. The van der Waals surface area contributed by atoms with E-state index in [-0.39, 0.29) is 0 Å². The molecule has 82 valence electrons. The zero-order valence-electron chi connectivity index (χ0n) is 8.79. The summed E-state index contributed by atoms with van der Waals surface area (Å²) < 4.78 is 5.24. The van der Waals surface area contributed by atoms with Crippen LogP contribution in [0.25, 0.3) is 0 Å². The van der Waals surface area contributed by atoms with E-state index in [1.54, 1.807) is 13.2 Å². The number of β-amino-alcohol motifs (C(OH)–C–C–N with tert-alkyl or cyclic N) is 1. The molecule has 0 aliphatic carbocycles. The van der Waals surface area contributed by atoms with Gasteiger partial charge in [0.15, 0.2) is 0 Å². The molecule has 1 saturated heterocycles. The van der Waals surface area contributed by atoms with E-state index in [1.165, 1.54) is 0 Å². The maximum atomic E-state index is 10.4. The molecule has 1 aliphatic rings. The Morgan fingerprint density at radius 3 is 2.93 bits per heavy atom. The number of ether oxygens (including phenoxy) is 1. The lowest BCUT2D eigenvalue weighted by atomic mass is 9.91. The number of nitrogens with two attached hydrogens (primary N) is 1. The molecule has 15 heavy (non-hydrogen) atoms. The molecular weight excluding hydrogens is 192 g/mol. The molecule has 1 aromatic rings. The molecule has 0 radical (unpaired) electrons. The van der Waals surface area contributed by atoms with Gasteiger partial charge in [0, 0.05) is 17.8 Å². The van der Waals surface area contributed by atoms with Crippen LogP contribution in [0, 0.1) is 0 Å². The predicted octanol–water partition coefficient (Wildman–Crippen LogP) is 0.458. The van der Waals surface area contributed by atoms with Gasteiger partial charge in [-0.3, -0.25) is 0 Å². The molecular formula is C11H16N2O2. The monoisotopic (exact) mass is 208 g/mol. The highest BCUT2D eigenvalue weighted by Gasteiger charge is 2.37. The van der Waals surface area contributed by atoms with Crippen molar-refractivity contribution in [3.05, 3.63) is 23.8 Å². The topological polar surface area (TPSA) is 67.5 Å². The van der Waals surface area contributed by atoms with Crippen molar-refractivity contribution in [1.29, 1.82) is 0 Å². The van der Waals surface area contributed by atoms with Crippen LogP contribution in [-0.4, -0.2) is 25.3 Å². The Balaban J connectivity index is 2.49. The fourth-order valence-electron chi connectivity index (χ4n) is 2.11. The van der Waals surface area contributed by atoms with Crippen molar-refractivity contribution in [2.75, 3.05) is 25.9 Å². The van der Waals surface area contributed by atoms with E-state index in [0.717, 1.165) is 6.54 Å². The van der Waals surface area contributed by atoms with Crippen LogP contribution in [0.15, 0.2) is 18.2 Å². The number of methoxy groups -OCH3 is 1. The number of aliphatic hydroxyl groups is 1. The van der Waals surface area contributed by atoms with E-state index in [4.69, 9.17) is 10.5 Å². The Morgan fingerprint density at radius 1 is 1.53 bits per heavy atom. The molecule has 0 bridgehead atoms. The SMILES string of the molecule is COc1cccc(N)c1C1(O)CCNC1. The van der Waals surface area contributed by atoms with Crippen molar-refractivity contribution in [1.82, 2.24) is 5.32 Å². The highest BCUT2D eigenvalue weighted by molar-refractivity contribution is 5.57. The molecule has 1 aliphatic heterocycles. The van der Waals surface area contributed by atoms with Crippen LogP contribution in [0.4, 0.5) is 5.69 Å². The quantitative estimate of drug-likeness (QED) is 0.618. The number of nitrogens with one attached hydrogen (secondary N) is 1. The zero-order chi connectivity index (χ0) is 10.9. The summed E-state index contributed by atoms with van der Waals surface area (Å²) in [4.78, 5) is 0. The van der Waals surface area contributed by atoms with Gasteiger partial charge in [-0.1, -0.05) is 6.07 Å². The standard InChI is InChI=1S/C11H16N2O2/c1-15-9-4-2-3-8(12)10(9)11(14)5-6-13-7-11/h2-4,13-14H,5-7,12H2,1H3. The molecule has 4 heteroatoms. The van der Waals surface area contributed by atoms with Gasteiger partial charge >= 0.3 is 0 Å². The van der Waals surface area contributed by atoms with Crippen molar-refractivity contribution >= 4 is 5.69 Å². The summed E-state index contributed by atoms with van der Waals surface area (Å²) in [6.07, 6.45) is 0.664. The number of rotatable bonds is 2. The summed E-state index contributed by atoms with van der Waals surface area (Å²) in [5.41, 5.74) is 6.29. The summed E-state index contributed by atoms with van der Waals surface area (Å²) in [5.74, 6) is 0.654. The second kappa shape index (κ2) is 3.72. The molecule has 1 atom stereocenters. The second-order valence-corrected chi connectivity index (χ2v) is 3.88. The summed E-state index contributed by atoms with van der Waals surface area (Å²) in [6.45, 7) is 1.32. The molecule has 4 nitrogen and oxygen atoms in total. The van der Waals surface area contributed by atoms with E-state index >= 15 is 0 Å². The number of hydrogen-bond donors (Lipinski definition) is 3. The minimum absolute atomic E-state index is 0.525. The molecule has 4 N–H and O–H groups in total. The molecule has 0 aromatic heterocycles. The summed E-state index contributed by atoms with van der Waals surface area (Å²) in [5, 5.41) is 13.6. The molecule has 0 spiro atoms. The summed E-state index contributed by atoms with van der Waals surface area (Å²) >= 11 is 0. The normalized spacial score (nSPS) is 25.5. The Morgan fingerprint density at radius 2 is 2.33 bits per heavy atom. The van der Waals surface area contributed by atoms with E-state index in [1.807, 2.05) is 12.1 Å². The molecule has 1 heterocycles. The van der Waals surface area contributed by atoms with Crippen LogP contribution in [0.5, 0.6) is 5.75 Å². The molecule has 1 fully saturated rings. The lowest BCUT2D eigenvalue weighted by molar-refractivity contribution is 0.0569. The number of benzene rings is 1. The van der Waals surface area contributed by atoms with Gasteiger partial charge in [-0.15, -0.1) is 0 Å². The predicted molar refractivity (Wildman–Crippen MR) is 58.8 cm³/mol. The second-order valence-electron chi connectivity index (χ2n) is 3.88. The molecule has 1 aromatic carbocycles. The molecule has 2 rings (SSSR count). The van der Waals surface area contributed by atoms with Crippen LogP contribution in [-0.2, 0) is 5.60 Å². The first-order valence-electron chi connectivity index (χ1n) is 5.03. The van der Waals surface area contributed by atoms with Crippen LogP contribution in [0.1, 0.15) is 12.0 Å². The summed E-state index contributed by atoms with van der Waals surface area (Å²) in [7, 11) is 1.59. The van der Waals surface area contributed by atoms with Crippen molar-refractivity contribution < 1.29 is 9.84 Å². The van der Waals surface area contributed by atoms with Crippen LogP contribution in [0.3, 0.4) is 0 Å². The zero-order valence-corrected chi connectivity index (χ0v) is 8.79. The van der Waals surface area contributed by atoms with Gasteiger partial charge in [-0.2, -0.15) is 0 Å². The summed E-state index contributed by atoms with van der Waals surface area (Å²) in [6, 6.07) is 5.43. The smallest absolute Gasteiger partial charge is 0.127 e. The highest BCUT2D eigenvalue weighted by atomic mass is 16.5. The van der Waals surface area contributed by atoms with Gasteiger partial charge in [0.25, 0.3) is 0 Å². The first-order valence-corrected chi connectivity index (χ1v) is 5.03. The van der Waals surface area contributed by atoms with Gasteiger partial charge in [-0.25, -0.2) is 0 Å². The third kappa shape index (κ3) is 1.66. The van der Waals surface area contributed by atoms with Gasteiger partial charge in [-0.05, 0) is 25.1 Å². The van der Waals surface area contributed by atoms with Crippen LogP contribution in [0.2, 0.25) is 0 Å². The minimum Gasteiger partial charge on any atom is -0.496 e. The maximum Gasteiger partial charge on any atom is 0.127 e. The fraction of sp³-hybridized carbons (Fsp3) is 0.455. The van der Waals surface area contributed by atoms with Crippen LogP contribution < -0.4 is 15.8 Å². The van der Waals surface area contributed by atoms with E-state index in [0.29, 0.717) is 30.0 Å². The Bertz CT molecular complexity index is 360. The number of nitrogen functional groups attached to an aromatic ring is 1. The Hall–Kier alpha value is -1.26. The van der Waals surface area contributed by atoms with Crippen molar-refractivity contribution in [2.45, 2.75) is 12.0 Å². The van der Waals surface area contributed by atoms with Crippen molar-refractivity contribution in [2.24, 2.45) is 0 Å². The Kier molecular flexibility index (Phi) is 2.54. The fourth-order valence-corrected chi connectivity index (χ4v) is 2.11. The number of hydrogen-bond acceptors (Lipinski definition) is 4. The maximum absolute atomic E-state index is 10.4. The van der Waals surface area contributed by atoms with Crippen molar-refractivity contribution in [3.63, 3.8) is 0 Å². The third-order valence-corrected chi connectivity index (χ3v) is 2.88. The highest BCUT2D eigenvalue weighted by Crippen LogP contribution is 2.38. The van der Waals surface area contributed by atoms with E-state index in [9.17, 15) is 5.11 Å². The lowest BCUT2D eigenvalue weighted by Gasteiger charge is -2.25. The van der Waals surface area contributed by atoms with Crippen LogP contribution >= 0.6 is 0 Å². The van der Waals surface area contributed by atoms with Gasteiger partial charge in [0.2, 0.25) is 0 Å². The van der Waals surface area contributed by atoms with E-state index < -0.39 is 5.60 Å². The third-order valence-electron chi connectivity index (χ3n) is 2.88. The first kappa shape index (κ1) is 10.3. The largest absolute Gasteiger partial charge is 0.496 e.